The lowest BCUT2D eigenvalue weighted by molar-refractivity contribution is 0.481. The van der Waals surface area contributed by atoms with Gasteiger partial charge in [-0.2, -0.15) is 5.11 Å². The highest BCUT2D eigenvalue weighted by atomic mass is 35.5. The van der Waals surface area contributed by atoms with Crippen molar-refractivity contribution in [1.29, 1.82) is 0 Å². The van der Waals surface area contributed by atoms with Crippen LogP contribution in [0.5, 0.6) is 5.75 Å². The van der Waals surface area contributed by atoms with Crippen LogP contribution in [-0.2, 0) is 7.05 Å². The summed E-state index contributed by atoms with van der Waals surface area (Å²) in [7, 11) is 1.59. The highest BCUT2D eigenvalue weighted by molar-refractivity contribution is 6.30. The van der Waals surface area contributed by atoms with Gasteiger partial charge in [-0.05, 0) is 36.4 Å². The summed E-state index contributed by atoms with van der Waals surface area (Å²) >= 11 is 5.84. The predicted molar refractivity (Wildman–Crippen MR) is 107 cm³/mol. The monoisotopic (exact) mass is 395 g/mol. The van der Waals surface area contributed by atoms with Crippen molar-refractivity contribution in [3.05, 3.63) is 74.3 Å². The van der Waals surface area contributed by atoms with Gasteiger partial charge in [0.2, 0.25) is 0 Å². The number of halogens is 1. The Morgan fingerprint density at radius 3 is 2.46 bits per heavy atom. The lowest BCUT2D eigenvalue weighted by Gasteiger charge is -2.10. The molecule has 2 heterocycles. The number of aromatic nitrogens is 3. The number of aromatic hydroxyl groups is 1. The summed E-state index contributed by atoms with van der Waals surface area (Å²) in [5.41, 5.74) is -0.118. The van der Waals surface area contributed by atoms with E-state index in [0.29, 0.717) is 21.6 Å². The number of hydrogen-bond acceptors (Lipinski definition) is 5. The normalized spacial score (nSPS) is 11.5. The summed E-state index contributed by atoms with van der Waals surface area (Å²) in [6.07, 6.45) is 0. The highest BCUT2D eigenvalue weighted by Gasteiger charge is 2.22. The van der Waals surface area contributed by atoms with Crippen LogP contribution in [0.4, 0.5) is 11.4 Å². The lowest BCUT2D eigenvalue weighted by Crippen LogP contribution is -2.19. The minimum atomic E-state index is -0.567. The lowest BCUT2D eigenvalue weighted by atomic mass is 10.1. The quantitative estimate of drug-likeness (QED) is 0.455. The Hall–Kier alpha value is -3.65. The zero-order chi connectivity index (χ0) is 19.8. The predicted octanol–water partition coefficient (Wildman–Crippen LogP) is 4.00. The fraction of sp³-hybridized carbons (Fsp3) is 0.0526. The van der Waals surface area contributed by atoms with Gasteiger partial charge in [-0.25, -0.2) is 0 Å². The van der Waals surface area contributed by atoms with Gasteiger partial charge >= 0.3 is 0 Å². The number of benzene rings is 2. The van der Waals surface area contributed by atoms with E-state index >= 15 is 0 Å². The largest absolute Gasteiger partial charge is 0.506 e. The summed E-state index contributed by atoms with van der Waals surface area (Å²) in [6, 6.07) is 13.5. The van der Waals surface area contributed by atoms with Crippen LogP contribution in [0.2, 0.25) is 5.02 Å². The van der Waals surface area contributed by atoms with E-state index in [1.165, 1.54) is 4.57 Å². The van der Waals surface area contributed by atoms with Crippen LogP contribution in [0.1, 0.15) is 0 Å². The Morgan fingerprint density at radius 1 is 1.00 bits per heavy atom. The molecule has 0 atom stereocenters. The first kappa shape index (κ1) is 17.7. The third-order valence-electron chi connectivity index (χ3n) is 4.37. The number of fused-ring (bicyclic) bond motifs is 1. The molecule has 2 aromatic heterocycles. The molecule has 0 saturated heterocycles. The fourth-order valence-corrected chi connectivity index (χ4v) is 3.07. The molecule has 0 bridgehead atoms. The van der Waals surface area contributed by atoms with Gasteiger partial charge in [0.25, 0.3) is 11.1 Å². The number of para-hydroxylation sites is 1. The van der Waals surface area contributed by atoms with Crippen molar-refractivity contribution >= 4 is 33.9 Å². The molecule has 3 N–H and O–H groups in total. The Morgan fingerprint density at radius 2 is 1.71 bits per heavy atom. The van der Waals surface area contributed by atoms with E-state index in [4.69, 9.17) is 11.6 Å². The van der Waals surface area contributed by atoms with Gasteiger partial charge in [0.1, 0.15) is 17.0 Å². The second-order valence-electron chi connectivity index (χ2n) is 6.08. The Bertz CT molecular complexity index is 1330. The standard InChI is InChI=1S/C19H14ClN5O3/c1-25-13-5-3-2-4-12(13)17(26)14(19(25)28)15-16(18(27)24-22-15)23-21-11-8-6-10(20)7-9-11/h2-9,26H,1H3,(H2,22,24,27). The van der Waals surface area contributed by atoms with Gasteiger partial charge in [-0.15, -0.1) is 5.11 Å². The molecule has 0 aliphatic carbocycles. The van der Waals surface area contributed by atoms with Crippen molar-refractivity contribution in [3.63, 3.8) is 0 Å². The Kier molecular flexibility index (Phi) is 4.32. The average Bonchev–Trinajstić information content (AvgIpc) is 3.06. The number of pyridine rings is 1. The first-order chi connectivity index (χ1) is 13.5. The van der Waals surface area contributed by atoms with Crippen molar-refractivity contribution in [2.45, 2.75) is 0 Å². The molecular formula is C19H14ClN5O3. The number of nitrogens with zero attached hydrogens (tertiary/aromatic N) is 3. The van der Waals surface area contributed by atoms with Gasteiger partial charge < -0.3 is 9.67 Å². The first-order valence-electron chi connectivity index (χ1n) is 8.26. The average molecular weight is 396 g/mol. The number of nitrogens with one attached hydrogen (secondary N) is 2. The van der Waals surface area contributed by atoms with E-state index in [2.05, 4.69) is 20.4 Å². The molecule has 28 heavy (non-hydrogen) atoms. The molecule has 4 aromatic rings. The van der Waals surface area contributed by atoms with E-state index in [9.17, 15) is 14.7 Å². The van der Waals surface area contributed by atoms with Crippen molar-refractivity contribution in [3.8, 4) is 17.0 Å². The smallest absolute Gasteiger partial charge is 0.292 e. The molecule has 0 radical (unpaired) electrons. The van der Waals surface area contributed by atoms with Crippen LogP contribution >= 0.6 is 11.6 Å². The molecule has 0 spiro atoms. The molecule has 0 amide bonds. The molecule has 0 saturated carbocycles. The minimum absolute atomic E-state index is 0.0616. The molecule has 9 heteroatoms. The summed E-state index contributed by atoms with van der Waals surface area (Å²) < 4.78 is 1.40. The van der Waals surface area contributed by atoms with E-state index in [1.807, 2.05) is 0 Å². The molecule has 4 rings (SSSR count). The highest BCUT2D eigenvalue weighted by Crippen LogP contribution is 2.35. The van der Waals surface area contributed by atoms with E-state index in [-0.39, 0.29) is 22.7 Å². The SMILES string of the molecule is Cn1c(=O)c(-c2[nH][nH]c(=O)c2N=Nc2ccc(Cl)cc2)c(O)c2ccccc21. The van der Waals surface area contributed by atoms with Crippen LogP contribution in [0, 0.1) is 0 Å². The van der Waals surface area contributed by atoms with Gasteiger partial charge in [0.15, 0.2) is 5.69 Å². The second-order valence-corrected chi connectivity index (χ2v) is 6.52. The van der Waals surface area contributed by atoms with E-state index < -0.39 is 11.1 Å². The number of aromatic amines is 2. The van der Waals surface area contributed by atoms with Gasteiger partial charge in [-0.1, -0.05) is 23.7 Å². The van der Waals surface area contributed by atoms with Crippen molar-refractivity contribution in [2.24, 2.45) is 17.3 Å². The maximum atomic E-state index is 12.9. The topological polar surface area (TPSA) is 116 Å². The minimum Gasteiger partial charge on any atom is -0.506 e. The number of H-pyrrole nitrogens is 2. The van der Waals surface area contributed by atoms with Crippen LogP contribution < -0.4 is 11.1 Å². The molecular weight excluding hydrogens is 382 g/mol. The maximum Gasteiger partial charge on any atom is 0.292 e. The molecule has 0 aliphatic rings. The van der Waals surface area contributed by atoms with Crippen LogP contribution in [0.15, 0.2) is 68.3 Å². The van der Waals surface area contributed by atoms with Crippen LogP contribution in [-0.4, -0.2) is 19.9 Å². The van der Waals surface area contributed by atoms with Crippen molar-refractivity contribution in [1.82, 2.24) is 14.8 Å². The molecule has 0 fully saturated rings. The van der Waals surface area contributed by atoms with Crippen molar-refractivity contribution in [2.75, 3.05) is 0 Å². The number of rotatable bonds is 3. The third kappa shape index (κ3) is 2.89. The summed E-state index contributed by atoms with van der Waals surface area (Å²) in [5.74, 6) is -0.239. The zero-order valence-corrected chi connectivity index (χ0v) is 15.4. The Labute approximate surface area is 162 Å². The number of aryl methyl sites for hydroxylation is 1. The van der Waals surface area contributed by atoms with Crippen LogP contribution in [0.25, 0.3) is 22.2 Å². The zero-order valence-electron chi connectivity index (χ0n) is 14.6. The maximum absolute atomic E-state index is 12.9. The van der Waals surface area contributed by atoms with E-state index in [1.54, 1.807) is 55.6 Å². The Balaban J connectivity index is 1.91. The molecule has 2 aromatic carbocycles. The fourth-order valence-electron chi connectivity index (χ4n) is 2.95. The number of azo groups is 1. The first-order valence-corrected chi connectivity index (χ1v) is 8.64. The number of hydrogen-bond donors (Lipinski definition) is 3. The molecule has 140 valence electrons. The second kappa shape index (κ2) is 6.82. The molecule has 0 unspecified atom stereocenters. The third-order valence-corrected chi connectivity index (χ3v) is 4.62. The van der Waals surface area contributed by atoms with Crippen LogP contribution in [0.3, 0.4) is 0 Å². The molecule has 0 aliphatic heterocycles. The summed E-state index contributed by atoms with van der Waals surface area (Å²) in [6.45, 7) is 0. The molecule has 8 nitrogen and oxygen atoms in total. The van der Waals surface area contributed by atoms with Crippen molar-refractivity contribution < 1.29 is 5.11 Å². The summed E-state index contributed by atoms with van der Waals surface area (Å²) in [4.78, 5) is 25.1. The van der Waals surface area contributed by atoms with Gasteiger partial charge in [0, 0.05) is 17.5 Å². The summed E-state index contributed by atoms with van der Waals surface area (Å²) in [5, 5.41) is 24.8. The van der Waals surface area contributed by atoms with Gasteiger partial charge in [0.05, 0.1) is 11.2 Å². The van der Waals surface area contributed by atoms with Gasteiger partial charge in [-0.3, -0.25) is 19.8 Å². The van der Waals surface area contributed by atoms with E-state index in [0.717, 1.165) is 0 Å².